The van der Waals surface area contributed by atoms with Crippen LogP contribution in [0.1, 0.15) is 5.56 Å². The molecule has 0 saturated carbocycles. The third-order valence-corrected chi connectivity index (χ3v) is 2.03. The van der Waals surface area contributed by atoms with Gasteiger partial charge in [0.2, 0.25) is 0 Å². The van der Waals surface area contributed by atoms with Crippen LogP contribution in [0, 0.1) is 0 Å². The Hall–Kier alpha value is -1.12. The van der Waals surface area contributed by atoms with E-state index in [0.29, 0.717) is 19.6 Å². The van der Waals surface area contributed by atoms with E-state index in [0.717, 1.165) is 5.56 Å². The molecule has 8 heteroatoms. The summed E-state index contributed by atoms with van der Waals surface area (Å²) in [5, 5.41) is 15.6. The zero-order valence-electron chi connectivity index (χ0n) is 9.78. The topological polar surface area (TPSA) is 59.3 Å². The minimum atomic E-state index is -4.27. The predicted octanol–water partition coefficient (Wildman–Crippen LogP) is 0.544. The molecule has 0 aromatic carbocycles. The van der Waals surface area contributed by atoms with Gasteiger partial charge in [-0.15, -0.1) is 0 Å². The third kappa shape index (κ3) is 6.58. The Balaban J connectivity index is 2.07. The Morgan fingerprint density at radius 3 is 2.89 bits per heavy atom. The fraction of sp³-hybridized carbons (Fsp3) is 0.700. The second-order valence-corrected chi connectivity index (χ2v) is 3.68. The molecular weight excluding hydrogens is 251 g/mol. The van der Waals surface area contributed by atoms with Crippen molar-refractivity contribution in [1.82, 2.24) is 15.1 Å². The number of aliphatic hydroxyl groups is 1. The highest BCUT2D eigenvalue weighted by Gasteiger charge is 2.27. The van der Waals surface area contributed by atoms with Crippen molar-refractivity contribution in [2.24, 2.45) is 0 Å². The van der Waals surface area contributed by atoms with Crippen molar-refractivity contribution in [3.05, 3.63) is 18.0 Å². The second kappa shape index (κ2) is 7.34. The molecule has 0 aliphatic carbocycles. The molecule has 0 radical (unpaired) electrons. The van der Waals surface area contributed by atoms with E-state index in [9.17, 15) is 13.2 Å². The maximum absolute atomic E-state index is 11.7. The van der Waals surface area contributed by atoms with Crippen LogP contribution in [0.3, 0.4) is 0 Å². The number of alkyl halides is 3. The molecule has 0 aliphatic heterocycles. The summed E-state index contributed by atoms with van der Waals surface area (Å²) in [5.41, 5.74) is 0.902. The first-order chi connectivity index (χ1) is 8.51. The minimum Gasteiger partial charge on any atom is -0.394 e. The molecule has 0 unspecified atom stereocenters. The van der Waals surface area contributed by atoms with Gasteiger partial charge in [0.25, 0.3) is 0 Å². The molecular formula is C10H16F3N3O2. The number of rotatable bonds is 8. The zero-order valence-corrected chi connectivity index (χ0v) is 9.78. The van der Waals surface area contributed by atoms with Crippen LogP contribution in [0.2, 0.25) is 0 Å². The molecule has 2 N–H and O–H groups in total. The Morgan fingerprint density at radius 2 is 2.22 bits per heavy atom. The summed E-state index contributed by atoms with van der Waals surface area (Å²) in [5.74, 6) is 0. The number of ether oxygens (including phenoxy) is 1. The molecule has 104 valence electrons. The molecule has 0 fully saturated rings. The molecule has 0 atom stereocenters. The lowest BCUT2D eigenvalue weighted by Crippen LogP contribution is -2.23. The molecule has 0 saturated heterocycles. The highest BCUT2D eigenvalue weighted by molar-refractivity contribution is 5.03. The number of aromatic nitrogens is 2. The average molecular weight is 267 g/mol. The van der Waals surface area contributed by atoms with Crippen molar-refractivity contribution in [2.45, 2.75) is 19.3 Å². The summed E-state index contributed by atoms with van der Waals surface area (Å²) in [4.78, 5) is 0. The quantitative estimate of drug-likeness (QED) is 0.675. The lowest BCUT2D eigenvalue weighted by Gasteiger charge is -2.07. The largest absolute Gasteiger partial charge is 0.411 e. The average Bonchev–Trinajstić information content (AvgIpc) is 2.70. The van der Waals surface area contributed by atoms with E-state index in [-0.39, 0.29) is 13.2 Å². The molecule has 0 aliphatic rings. The Kier molecular flexibility index (Phi) is 6.10. The van der Waals surface area contributed by atoms with Crippen LogP contribution >= 0.6 is 0 Å². The number of hydrogen-bond donors (Lipinski definition) is 2. The number of hydrogen-bond acceptors (Lipinski definition) is 4. The second-order valence-electron chi connectivity index (χ2n) is 3.68. The fourth-order valence-corrected chi connectivity index (χ4v) is 1.29. The third-order valence-electron chi connectivity index (χ3n) is 2.03. The van der Waals surface area contributed by atoms with Gasteiger partial charge in [0.1, 0.15) is 6.61 Å². The van der Waals surface area contributed by atoms with E-state index in [4.69, 9.17) is 5.11 Å². The standard InChI is InChI=1S/C10H16F3N3O2/c11-10(12,13)8-18-4-1-14-5-9-6-15-16(7-9)2-3-17/h6-7,14,17H,1-5,8H2. The Labute approximate surface area is 103 Å². The minimum absolute atomic E-state index is 0.00425. The molecule has 1 rings (SSSR count). The van der Waals surface area contributed by atoms with Crippen LogP contribution in [0.5, 0.6) is 0 Å². The fourth-order valence-electron chi connectivity index (χ4n) is 1.29. The maximum atomic E-state index is 11.7. The number of halogens is 3. The van der Waals surface area contributed by atoms with Gasteiger partial charge in [0.05, 0.1) is 26.0 Å². The SMILES string of the molecule is OCCn1cc(CNCCOCC(F)(F)F)cn1. The van der Waals surface area contributed by atoms with Crippen molar-refractivity contribution in [3.63, 3.8) is 0 Å². The van der Waals surface area contributed by atoms with Crippen LogP contribution in [-0.2, 0) is 17.8 Å². The summed E-state index contributed by atoms with van der Waals surface area (Å²) < 4.78 is 41.2. The van der Waals surface area contributed by atoms with Crippen molar-refractivity contribution in [3.8, 4) is 0 Å². The molecule has 0 spiro atoms. The zero-order chi connectivity index (χ0) is 13.4. The van der Waals surface area contributed by atoms with E-state index >= 15 is 0 Å². The molecule has 1 heterocycles. The number of aliphatic hydroxyl groups excluding tert-OH is 1. The van der Waals surface area contributed by atoms with Gasteiger partial charge < -0.3 is 15.2 Å². The monoisotopic (exact) mass is 267 g/mol. The van der Waals surface area contributed by atoms with Gasteiger partial charge in [-0.1, -0.05) is 0 Å². The predicted molar refractivity (Wildman–Crippen MR) is 57.9 cm³/mol. The van der Waals surface area contributed by atoms with E-state index in [1.807, 2.05) is 0 Å². The van der Waals surface area contributed by atoms with Gasteiger partial charge in [-0.25, -0.2) is 0 Å². The van der Waals surface area contributed by atoms with Crippen LogP contribution in [0.4, 0.5) is 13.2 Å². The first-order valence-corrected chi connectivity index (χ1v) is 5.48. The smallest absolute Gasteiger partial charge is 0.394 e. The first kappa shape index (κ1) is 14.9. The van der Waals surface area contributed by atoms with E-state index < -0.39 is 12.8 Å². The lowest BCUT2D eigenvalue weighted by atomic mass is 10.3. The van der Waals surface area contributed by atoms with Crippen LogP contribution in [0.15, 0.2) is 12.4 Å². The number of nitrogens with zero attached hydrogens (tertiary/aromatic N) is 2. The summed E-state index contributed by atoms with van der Waals surface area (Å²) in [7, 11) is 0. The van der Waals surface area contributed by atoms with Gasteiger partial charge in [-0.05, 0) is 0 Å². The maximum Gasteiger partial charge on any atom is 0.411 e. The van der Waals surface area contributed by atoms with Gasteiger partial charge in [-0.2, -0.15) is 18.3 Å². The summed E-state index contributed by atoms with van der Waals surface area (Å²) >= 11 is 0. The summed E-state index contributed by atoms with van der Waals surface area (Å²) in [6.45, 7) is 0.0595. The highest BCUT2D eigenvalue weighted by atomic mass is 19.4. The molecule has 18 heavy (non-hydrogen) atoms. The van der Waals surface area contributed by atoms with Crippen molar-refractivity contribution in [2.75, 3.05) is 26.4 Å². The van der Waals surface area contributed by atoms with Gasteiger partial charge in [0.15, 0.2) is 0 Å². The van der Waals surface area contributed by atoms with Crippen molar-refractivity contribution in [1.29, 1.82) is 0 Å². The van der Waals surface area contributed by atoms with Crippen LogP contribution < -0.4 is 5.32 Å². The summed E-state index contributed by atoms with van der Waals surface area (Å²) in [6.07, 6.45) is -0.871. The van der Waals surface area contributed by atoms with E-state index in [2.05, 4.69) is 15.2 Å². The van der Waals surface area contributed by atoms with Gasteiger partial charge in [-0.3, -0.25) is 4.68 Å². The molecule has 0 bridgehead atoms. The highest BCUT2D eigenvalue weighted by Crippen LogP contribution is 2.13. The normalized spacial score (nSPS) is 12.0. The van der Waals surface area contributed by atoms with E-state index in [1.54, 1.807) is 17.1 Å². The molecule has 5 nitrogen and oxygen atoms in total. The Morgan fingerprint density at radius 1 is 1.44 bits per heavy atom. The number of nitrogens with one attached hydrogen (secondary N) is 1. The van der Waals surface area contributed by atoms with Crippen molar-refractivity contribution < 1.29 is 23.0 Å². The molecule has 1 aromatic rings. The molecule has 1 aromatic heterocycles. The van der Waals surface area contributed by atoms with Gasteiger partial charge in [0, 0.05) is 24.8 Å². The first-order valence-electron chi connectivity index (χ1n) is 5.48. The van der Waals surface area contributed by atoms with Crippen LogP contribution in [0.25, 0.3) is 0 Å². The summed E-state index contributed by atoms with van der Waals surface area (Å²) in [6, 6.07) is 0. The molecule has 0 amide bonds. The van der Waals surface area contributed by atoms with Crippen LogP contribution in [-0.4, -0.2) is 47.4 Å². The Bertz CT molecular complexity index is 341. The van der Waals surface area contributed by atoms with Crippen molar-refractivity contribution >= 4 is 0 Å². The van der Waals surface area contributed by atoms with Gasteiger partial charge >= 0.3 is 6.18 Å². The van der Waals surface area contributed by atoms with E-state index in [1.165, 1.54) is 0 Å². The lowest BCUT2D eigenvalue weighted by molar-refractivity contribution is -0.173.